The molecule has 32 heavy (non-hydrogen) atoms. The molecule has 0 aromatic heterocycles. The predicted octanol–water partition coefficient (Wildman–Crippen LogP) is 5.23. The molecule has 5 heteroatoms. The highest BCUT2D eigenvalue weighted by molar-refractivity contribution is 5.95. The monoisotopic (exact) mass is 435 g/mol. The van der Waals surface area contributed by atoms with Crippen molar-refractivity contribution in [3.05, 3.63) is 64.7 Å². The molecule has 1 aliphatic carbocycles. The van der Waals surface area contributed by atoms with Crippen molar-refractivity contribution in [3.63, 3.8) is 0 Å². The quantitative estimate of drug-likeness (QED) is 0.533. The largest absolute Gasteiger partial charge is 0.493 e. The van der Waals surface area contributed by atoms with Crippen molar-refractivity contribution in [2.75, 3.05) is 13.7 Å². The highest BCUT2D eigenvalue weighted by Gasteiger charge is 2.34. The first-order chi connectivity index (χ1) is 15.5. The third-order valence-corrected chi connectivity index (χ3v) is 6.80. The summed E-state index contributed by atoms with van der Waals surface area (Å²) >= 11 is 0. The Kier molecular flexibility index (Phi) is 6.83. The molecule has 2 aromatic carbocycles. The molecule has 2 aliphatic rings. The summed E-state index contributed by atoms with van der Waals surface area (Å²) in [7, 11) is 1.48. The molecule has 5 nitrogen and oxygen atoms in total. The zero-order chi connectivity index (χ0) is 22.7. The van der Waals surface area contributed by atoms with Gasteiger partial charge in [-0.1, -0.05) is 31.2 Å². The van der Waals surface area contributed by atoms with Gasteiger partial charge in [-0.05, 0) is 73.9 Å². The topological polar surface area (TPSA) is 57.1 Å². The number of benzene rings is 2. The second kappa shape index (κ2) is 9.76. The van der Waals surface area contributed by atoms with Crippen LogP contribution in [0.3, 0.4) is 0 Å². The number of fused-ring (bicyclic) bond motifs is 1. The maximum absolute atomic E-state index is 12.2. The summed E-state index contributed by atoms with van der Waals surface area (Å²) in [6.45, 7) is 6.80. The van der Waals surface area contributed by atoms with Gasteiger partial charge in [0.2, 0.25) is 5.90 Å². The molecule has 4 rings (SSSR count). The van der Waals surface area contributed by atoms with Crippen LogP contribution in [0.1, 0.15) is 61.3 Å². The second-order valence-corrected chi connectivity index (χ2v) is 8.83. The summed E-state index contributed by atoms with van der Waals surface area (Å²) < 4.78 is 17.2. The van der Waals surface area contributed by atoms with Gasteiger partial charge in [0.05, 0.1) is 25.7 Å². The fourth-order valence-corrected chi connectivity index (χ4v) is 4.97. The van der Waals surface area contributed by atoms with Gasteiger partial charge in [0.25, 0.3) is 0 Å². The summed E-state index contributed by atoms with van der Waals surface area (Å²) in [6.07, 6.45) is 3.60. The molecule has 1 aliphatic heterocycles. The molecule has 170 valence electrons. The number of hydrogen-bond acceptors (Lipinski definition) is 5. The molecule has 4 unspecified atom stereocenters. The first-order valence-corrected chi connectivity index (χ1v) is 11.7. The average molecular weight is 436 g/mol. The first-order valence-electron chi connectivity index (χ1n) is 11.7. The predicted molar refractivity (Wildman–Crippen MR) is 125 cm³/mol. The fraction of sp³-hybridized carbons (Fsp3) is 0.481. The SMILES string of the molecule is CCC(C(=O)OC)C1CCc2cc(OCCC3N=C(c4ccccc4)OC3C)c(C)cc21. The molecular formula is C27H33NO4. The Labute approximate surface area is 190 Å². The van der Waals surface area contributed by atoms with Crippen molar-refractivity contribution in [1.82, 2.24) is 0 Å². The first kappa shape index (κ1) is 22.4. The van der Waals surface area contributed by atoms with E-state index in [1.54, 1.807) is 0 Å². The highest BCUT2D eigenvalue weighted by atomic mass is 16.5. The lowest BCUT2D eigenvalue weighted by atomic mass is 9.85. The minimum absolute atomic E-state index is 0.0416. The van der Waals surface area contributed by atoms with E-state index in [0.29, 0.717) is 6.61 Å². The molecule has 4 atom stereocenters. The van der Waals surface area contributed by atoms with Gasteiger partial charge < -0.3 is 14.2 Å². The lowest BCUT2D eigenvalue weighted by Crippen LogP contribution is -2.22. The van der Waals surface area contributed by atoms with Gasteiger partial charge in [0, 0.05) is 12.0 Å². The standard InChI is InChI=1S/C27H33NO4/c1-5-21(27(29)30-4)22-12-11-20-16-25(17(2)15-23(20)22)31-14-13-24-18(3)32-26(28-24)19-9-7-6-8-10-19/h6-10,15-16,18,21-22,24H,5,11-14H2,1-4H3. The molecule has 0 saturated heterocycles. The van der Waals surface area contributed by atoms with Gasteiger partial charge in [-0.25, -0.2) is 4.99 Å². The van der Waals surface area contributed by atoms with Crippen molar-refractivity contribution < 1.29 is 19.0 Å². The summed E-state index contributed by atoms with van der Waals surface area (Å²) in [5, 5.41) is 0. The molecule has 1 heterocycles. The number of esters is 1. The van der Waals surface area contributed by atoms with Crippen LogP contribution in [0.4, 0.5) is 0 Å². The number of aliphatic imine (C=N–C) groups is 1. The molecule has 0 saturated carbocycles. The summed E-state index contributed by atoms with van der Waals surface area (Å²) in [4.78, 5) is 17.0. The van der Waals surface area contributed by atoms with Gasteiger partial charge in [-0.15, -0.1) is 0 Å². The Morgan fingerprint density at radius 2 is 2.03 bits per heavy atom. The Morgan fingerprint density at radius 1 is 1.25 bits per heavy atom. The van der Waals surface area contributed by atoms with E-state index in [-0.39, 0.29) is 30.0 Å². The van der Waals surface area contributed by atoms with E-state index >= 15 is 0 Å². The number of aryl methyl sites for hydroxylation is 2. The number of rotatable bonds is 8. The van der Waals surface area contributed by atoms with Crippen LogP contribution in [0, 0.1) is 12.8 Å². The van der Waals surface area contributed by atoms with Crippen molar-refractivity contribution in [2.24, 2.45) is 10.9 Å². The lowest BCUT2D eigenvalue weighted by molar-refractivity contribution is -0.146. The number of hydrogen-bond donors (Lipinski definition) is 0. The molecule has 0 radical (unpaired) electrons. The van der Waals surface area contributed by atoms with Gasteiger partial charge in [0.15, 0.2) is 0 Å². The zero-order valence-corrected chi connectivity index (χ0v) is 19.5. The van der Waals surface area contributed by atoms with Crippen LogP contribution in [0.5, 0.6) is 5.75 Å². The molecule has 2 aromatic rings. The van der Waals surface area contributed by atoms with Gasteiger partial charge in [-0.2, -0.15) is 0 Å². The number of nitrogens with zero attached hydrogens (tertiary/aromatic N) is 1. The third-order valence-electron chi connectivity index (χ3n) is 6.80. The minimum Gasteiger partial charge on any atom is -0.493 e. The highest BCUT2D eigenvalue weighted by Crippen LogP contribution is 2.42. The minimum atomic E-state index is -0.105. The lowest BCUT2D eigenvalue weighted by Gasteiger charge is -2.21. The van der Waals surface area contributed by atoms with Gasteiger partial charge in [0.1, 0.15) is 11.9 Å². The maximum Gasteiger partial charge on any atom is 0.309 e. The van der Waals surface area contributed by atoms with Crippen molar-refractivity contribution in [3.8, 4) is 5.75 Å². The molecule has 0 fully saturated rings. The fourth-order valence-electron chi connectivity index (χ4n) is 4.97. The molecule has 0 amide bonds. The van der Waals surface area contributed by atoms with E-state index in [1.807, 2.05) is 30.3 Å². The molecule has 0 spiro atoms. The Balaban J connectivity index is 1.40. The van der Waals surface area contributed by atoms with E-state index in [2.05, 4.69) is 32.9 Å². The van der Waals surface area contributed by atoms with Crippen LogP contribution >= 0.6 is 0 Å². The normalized spacial score (nSPS) is 22.6. The van der Waals surface area contributed by atoms with Crippen LogP contribution in [-0.4, -0.2) is 37.7 Å². The van der Waals surface area contributed by atoms with Crippen molar-refractivity contribution >= 4 is 11.9 Å². The summed E-state index contributed by atoms with van der Waals surface area (Å²) in [5.74, 6) is 1.70. The number of carbonyl (C=O) groups is 1. The van der Waals surface area contributed by atoms with Crippen molar-refractivity contribution in [2.45, 2.75) is 64.5 Å². The number of methoxy groups -OCH3 is 1. The van der Waals surface area contributed by atoms with Crippen LogP contribution in [0.2, 0.25) is 0 Å². The smallest absolute Gasteiger partial charge is 0.309 e. The van der Waals surface area contributed by atoms with E-state index < -0.39 is 0 Å². The van der Waals surface area contributed by atoms with E-state index in [1.165, 1.54) is 18.2 Å². The van der Waals surface area contributed by atoms with Gasteiger partial charge in [-0.3, -0.25) is 4.79 Å². The van der Waals surface area contributed by atoms with Gasteiger partial charge >= 0.3 is 5.97 Å². The van der Waals surface area contributed by atoms with Crippen LogP contribution in [0.15, 0.2) is 47.5 Å². The summed E-state index contributed by atoms with van der Waals surface area (Å²) in [5.41, 5.74) is 4.70. The Morgan fingerprint density at radius 3 is 2.75 bits per heavy atom. The van der Waals surface area contributed by atoms with Crippen LogP contribution in [0.25, 0.3) is 0 Å². The summed E-state index contributed by atoms with van der Waals surface area (Å²) in [6, 6.07) is 14.5. The molecule has 0 N–H and O–H groups in total. The molecule has 0 bridgehead atoms. The average Bonchev–Trinajstić information content (AvgIpc) is 3.38. The van der Waals surface area contributed by atoms with Crippen molar-refractivity contribution in [1.29, 1.82) is 0 Å². The molecular weight excluding hydrogens is 402 g/mol. The zero-order valence-electron chi connectivity index (χ0n) is 19.5. The van der Waals surface area contributed by atoms with Crippen LogP contribution < -0.4 is 4.74 Å². The van der Waals surface area contributed by atoms with E-state index in [0.717, 1.165) is 48.5 Å². The number of ether oxygens (including phenoxy) is 3. The van der Waals surface area contributed by atoms with E-state index in [4.69, 9.17) is 19.2 Å². The Bertz CT molecular complexity index is 985. The number of carbonyl (C=O) groups excluding carboxylic acids is 1. The van der Waals surface area contributed by atoms with E-state index in [9.17, 15) is 4.79 Å². The Hall–Kier alpha value is -2.82. The van der Waals surface area contributed by atoms with Crippen LogP contribution in [-0.2, 0) is 20.7 Å². The second-order valence-electron chi connectivity index (χ2n) is 8.83. The maximum atomic E-state index is 12.2. The third kappa shape index (κ3) is 4.52.